The van der Waals surface area contributed by atoms with Crippen LogP contribution in [0.25, 0.3) is 11.6 Å². The number of nitrogens with zero attached hydrogens (tertiary/aromatic N) is 3. The van der Waals surface area contributed by atoms with E-state index in [1.807, 2.05) is 24.3 Å². The van der Waals surface area contributed by atoms with Gasteiger partial charge in [-0.1, -0.05) is 43.1 Å². The minimum atomic E-state index is 0.283. The van der Waals surface area contributed by atoms with E-state index in [-0.39, 0.29) is 5.95 Å². The fraction of sp³-hybridized carbons (Fsp3) is 0.294. The molecule has 0 bridgehead atoms. The first-order chi connectivity index (χ1) is 11.0. The molecule has 2 N–H and O–H groups in total. The molecule has 23 heavy (non-hydrogen) atoms. The summed E-state index contributed by atoms with van der Waals surface area (Å²) in [6.07, 6.45) is 3.79. The predicted molar refractivity (Wildman–Crippen MR) is 97.8 cm³/mol. The number of anilines is 2. The van der Waals surface area contributed by atoms with Gasteiger partial charge < -0.3 is 10.6 Å². The molecule has 1 aromatic heterocycles. The van der Waals surface area contributed by atoms with Gasteiger partial charge in [0.2, 0.25) is 5.95 Å². The van der Waals surface area contributed by atoms with Gasteiger partial charge in [-0.15, -0.1) is 0 Å². The standard InChI is InChI=1S/C17H18Cl2N4/c1-10(2)8-23-9-12(15-13(18)4-3-5-14(15)19)6-11-7-21-17(20)22-16(11)23/h3-7,10H,8-9H2,1-2H3,(H2,20,21,22). The van der Waals surface area contributed by atoms with E-state index in [2.05, 4.69) is 28.7 Å². The Hall–Kier alpha value is -1.78. The summed E-state index contributed by atoms with van der Waals surface area (Å²) < 4.78 is 0. The van der Waals surface area contributed by atoms with Crippen LogP contribution in [0.4, 0.5) is 11.8 Å². The molecule has 0 radical (unpaired) electrons. The van der Waals surface area contributed by atoms with Crippen molar-refractivity contribution >= 4 is 46.6 Å². The van der Waals surface area contributed by atoms with Gasteiger partial charge in [-0.3, -0.25) is 0 Å². The van der Waals surface area contributed by atoms with Crippen molar-refractivity contribution in [1.29, 1.82) is 0 Å². The third-order valence-corrected chi connectivity index (χ3v) is 4.30. The molecule has 0 unspecified atom stereocenters. The fourth-order valence-electron chi connectivity index (χ4n) is 2.81. The van der Waals surface area contributed by atoms with E-state index in [1.165, 1.54) is 0 Å². The Morgan fingerprint density at radius 1 is 1.26 bits per heavy atom. The van der Waals surface area contributed by atoms with Crippen molar-refractivity contribution in [2.24, 2.45) is 5.92 Å². The summed E-state index contributed by atoms with van der Waals surface area (Å²) >= 11 is 12.7. The van der Waals surface area contributed by atoms with Crippen molar-refractivity contribution in [2.75, 3.05) is 23.7 Å². The van der Waals surface area contributed by atoms with E-state index < -0.39 is 0 Å². The minimum absolute atomic E-state index is 0.283. The number of nitrogens with two attached hydrogens (primary N) is 1. The van der Waals surface area contributed by atoms with Crippen molar-refractivity contribution in [3.05, 3.63) is 45.6 Å². The highest BCUT2D eigenvalue weighted by molar-refractivity contribution is 6.38. The van der Waals surface area contributed by atoms with Crippen molar-refractivity contribution < 1.29 is 0 Å². The number of aromatic nitrogens is 2. The lowest BCUT2D eigenvalue weighted by atomic mass is 9.98. The van der Waals surface area contributed by atoms with Crippen LogP contribution in [0.5, 0.6) is 0 Å². The fourth-order valence-corrected chi connectivity index (χ4v) is 3.45. The number of halogens is 2. The predicted octanol–water partition coefficient (Wildman–Crippen LogP) is 4.38. The number of nitrogen functional groups attached to an aromatic ring is 1. The number of rotatable bonds is 3. The maximum atomic E-state index is 6.37. The van der Waals surface area contributed by atoms with Crippen LogP contribution in [0.15, 0.2) is 24.4 Å². The zero-order chi connectivity index (χ0) is 16.6. The van der Waals surface area contributed by atoms with Crippen LogP contribution in [0.3, 0.4) is 0 Å². The average molecular weight is 349 g/mol. The smallest absolute Gasteiger partial charge is 0.221 e. The second-order valence-corrected chi connectivity index (χ2v) is 6.86. The summed E-state index contributed by atoms with van der Waals surface area (Å²) in [7, 11) is 0. The lowest BCUT2D eigenvalue weighted by Crippen LogP contribution is -2.33. The number of hydrogen-bond acceptors (Lipinski definition) is 4. The first-order valence-electron chi connectivity index (χ1n) is 7.48. The summed E-state index contributed by atoms with van der Waals surface area (Å²) in [6, 6.07) is 5.55. The molecular weight excluding hydrogens is 331 g/mol. The van der Waals surface area contributed by atoms with Gasteiger partial charge in [0.15, 0.2) is 0 Å². The quantitative estimate of drug-likeness (QED) is 0.893. The Bertz CT molecular complexity index is 751. The molecule has 120 valence electrons. The van der Waals surface area contributed by atoms with Gasteiger partial charge in [-0.05, 0) is 29.7 Å². The molecule has 1 aliphatic rings. The lowest BCUT2D eigenvalue weighted by molar-refractivity contribution is 0.622. The molecule has 1 aromatic carbocycles. The second kappa shape index (κ2) is 6.38. The summed E-state index contributed by atoms with van der Waals surface area (Å²) in [4.78, 5) is 10.7. The largest absolute Gasteiger partial charge is 0.368 e. The van der Waals surface area contributed by atoms with Crippen LogP contribution >= 0.6 is 23.2 Å². The highest BCUT2D eigenvalue weighted by Crippen LogP contribution is 2.37. The molecule has 0 saturated heterocycles. The molecular formula is C17H18Cl2N4. The van der Waals surface area contributed by atoms with E-state index in [4.69, 9.17) is 28.9 Å². The monoisotopic (exact) mass is 348 g/mol. The summed E-state index contributed by atoms with van der Waals surface area (Å²) in [6.45, 7) is 5.89. The molecule has 0 atom stereocenters. The van der Waals surface area contributed by atoms with E-state index >= 15 is 0 Å². The summed E-state index contributed by atoms with van der Waals surface area (Å²) in [5.41, 5.74) is 8.61. The number of benzene rings is 1. The third kappa shape index (κ3) is 3.28. The maximum Gasteiger partial charge on any atom is 0.221 e. The van der Waals surface area contributed by atoms with E-state index in [9.17, 15) is 0 Å². The summed E-state index contributed by atoms with van der Waals surface area (Å²) in [5.74, 6) is 1.63. The van der Waals surface area contributed by atoms with Gasteiger partial charge >= 0.3 is 0 Å². The van der Waals surface area contributed by atoms with Crippen LogP contribution < -0.4 is 10.6 Å². The normalized spacial score (nSPS) is 14.0. The first-order valence-corrected chi connectivity index (χ1v) is 8.23. The Balaban J connectivity index is 2.11. The molecule has 0 saturated carbocycles. The molecule has 0 spiro atoms. The van der Waals surface area contributed by atoms with Gasteiger partial charge in [-0.2, -0.15) is 4.98 Å². The maximum absolute atomic E-state index is 6.37. The van der Waals surface area contributed by atoms with Crippen LogP contribution in [0.2, 0.25) is 10.0 Å². The zero-order valence-corrected chi connectivity index (χ0v) is 14.6. The summed E-state index contributed by atoms with van der Waals surface area (Å²) in [5, 5.41) is 1.29. The molecule has 6 heteroatoms. The van der Waals surface area contributed by atoms with Gasteiger partial charge in [0.05, 0.1) is 0 Å². The highest BCUT2D eigenvalue weighted by atomic mass is 35.5. The third-order valence-electron chi connectivity index (χ3n) is 3.67. The molecule has 2 aromatic rings. The van der Waals surface area contributed by atoms with Crippen LogP contribution in [-0.4, -0.2) is 23.1 Å². The SMILES string of the molecule is CC(C)CN1CC(c2c(Cl)cccc2Cl)=Cc2cnc(N)nc21. The van der Waals surface area contributed by atoms with Crippen LogP contribution in [0, 0.1) is 5.92 Å². The highest BCUT2D eigenvalue weighted by Gasteiger charge is 2.23. The van der Waals surface area contributed by atoms with Gasteiger partial charge in [-0.25, -0.2) is 4.98 Å². The molecule has 3 rings (SSSR count). The first kappa shape index (κ1) is 16.1. The minimum Gasteiger partial charge on any atom is -0.368 e. The van der Waals surface area contributed by atoms with E-state index in [0.717, 1.165) is 29.1 Å². The molecule has 0 aliphatic carbocycles. The van der Waals surface area contributed by atoms with Crippen molar-refractivity contribution in [3.63, 3.8) is 0 Å². The molecule has 2 heterocycles. The average Bonchev–Trinajstić information content (AvgIpc) is 2.47. The van der Waals surface area contributed by atoms with E-state index in [0.29, 0.717) is 22.5 Å². The van der Waals surface area contributed by atoms with Crippen LogP contribution in [-0.2, 0) is 0 Å². The van der Waals surface area contributed by atoms with Gasteiger partial charge in [0, 0.05) is 40.5 Å². The number of fused-ring (bicyclic) bond motifs is 1. The number of hydrogen-bond donors (Lipinski definition) is 1. The second-order valence-electron chi connectivity index (χ2n) is 6.05. The lowest BCUT2D eigenvalue weighted by Gasteiger charge is -2.32. The molecule has 0 amide bonds. The van der Waals surface area contributed by atoms with Crippen molar-refractivity contribution in [3.8, 4) is 0 Å². The Labute approximate surface area is 145 Å². The molecule has 1 aliphatic heterocycles. The Morgan fingerprint density at radius 2 is 1.96 bits per heavy atom. The Morgan fingerprint density at radius 3 is 2.61 bits per heavy atom. The molecule has 0 fully saturated rings. The topological polar surface area (TPSA) is 55.0 Å². The zero-order valence-electron chi connectivity index (χ0n) is 13.1. The van der Waals surface area contributed by atoms with E-state index in [1.54, 1.807) is 6.20 Å². The Kier molecular flexibility index (Phi) is 4.46. The van der Waals surface area contributed by atoms with Crippen molar-refractivity contribution in [1.82, 2.24) is 9.97 Å². The van der Waals surface area contributed by atoms with Crippen molar-refractivity contribution in [2.45, 2.75) is 13.8 Å². The van der Waals surface area contributed by atoms with Gasteiger partial charge in [0.1, 0.15) is 5.82 Å². The molecule has 4 nitrogen and oxygen atoms in total. The van der Waals surface area contributed by atoms with Crippen LogP contribution in [0.1, 0.15) is 25.0 Å². The van der Waals surface area contributed by atoms with Gasteiger partial charge in [0.25, 0.3) is 0 Å².